The Morgan fingerprint density at radius 2 is 1.68 bits per heavy atom. The highest BCUT2D eigenvalue weighted by Gasteiger charge is 2.34. The van der Waals surface area contributed by atoms with E-state index >= 15 is 0 Å². The number of carbonyl (C=O) groups excluding carboxylic acids is 1. The quantitative estimate of drug-likeness (QED) is 0.253. The molecule has 4 aromatic carbocycles. The van der Waals surface area contributed by atoms with Crippen molar-refractivity contribution in [3.05, 3.63) is 106 Å². The lowest BCUT2D eigenvalue weighted by Crippen LogP contribution is -2.43. The van der Waals surface area contributed by atoms with Gasteiger partial charge in [0.1, 0.15) is 5.75 Å². The van der Waals surface area contributed by atoms with Crippen LogP contribution in [0.5, 0.6) is 17.2 Å². The fourth-order valence-electron chi connectivity index (χ4n) is 4.93. The summed E-state index contributed by atoms with van der Waals surface area (Å²) in [6.45, 7) is 0.260. The molecule has 37 heavy (non-hydrogen) atoms. The molecule has 1 aliphatic heterocycles. The van der Waals surface area contributed by atoms with Crippen molar-refractivity contribution in [1.29, 1.82) is 0 Å². The van der Waals surface area contributed by atoms with Gasteiger partial charge in [-0.2, -0.15) is 0 Å². The minimum atomic E-state index is -0.549. The number of non-ortho nitro benzene ring substituents is 1. The van der Waals surface area contributed by atoms with Gasteiger partial charge in [-0.05, 0) is 46.7 Å². The molecule has 0 saturated heterocycles. The molecule has 0 saturated carbocycles. The summed E-state index contributed by atoms with van der Waals surface area (Å²) in [5.41, 5.74) is 2.43. The van der Waals surface area contributed by atoms with Crippen LogP contribution in [0.3, 0.4) is 0 Å². The van der Waals surface area contributed by atoms with Crippen LogP contribution in [-0.2, 0) is 11.2 Å². The SMILES string of the molecule is COc1cc2c(cc1OC)[C@H](c1cccc([N+](=O)[O-])c1)N(C(=O)COc1cccc3ccccc13)CC2. The van der Waals surface area contributed by atoms with Crippen LogP contribution in [0.25, 0.3) is 10.8 Å². The second-order valence-electron chi connectivity index (χ2n) is 8.76. The van der Waals surface area contributed by atoms with Crippen LogP contribution >= 0.6 is 0 Å². The first-order chi connectivity index (χ1) is 18.0. The molecule has 8 heteroatoms. The van der Waals surface area contributed by atoms with E-state index in [1.165, 1.54) is 12.1 Å². The van der Waals surface area contributed by atoms with Gasteiger partial charge in [0.05, 0.1) is 25.2 Å². The first-order valence-corrected chi connectivity index (χ1v) is 11.9. The summed E-state index contributed by atoms with van der Waals surface area (Å²) in [5, 5.41) is 13.5. The Kier molecular flexibility index (Phi) is 6.64. The number of benzene rings is 4. The van der Waals surface area contributed by atoms with Crippen molar-refractivity contribution in [2.75, 3.05) is 27.4 Å². The molecule has 0 aliphatic carbocycles. The lowest BCUT2D eigenvalue weighted by Gasteiger charge is -2.38. The Balaban J connectivity index is 1.52. The number of nitrogens with zero attached hydrogens (tertiary/aromatic N) is 2. The molecule has 5 rings (SSSR count). The maximum atomic E-state index is 13.6. The van der Waals surface area contributed by atoms with E-state index < -0.39 is 11.0 Å². The number of methoxy groups -OCH3 is 2. The predicted octanol–water partition coefficient (Wildman–Crippen LogP) is 5.32. The van der Waals surface area contributed by atoms with Crippen molar-refractivity contribution in [3.63, 3.8) is 0 Å². The van der Waals surface area contributed by atoms with E-state index in [2.05, 4.69) is 0 Å². The molecule has 1 amide bonds. The molecule has 1 aliphatic rings. The van der Waals surface area contributed by atoms with Crippen LogP contribution in [0, 0.1) is 10.1 Å². The number of hydrogen-bond donors (Lipinski definition) is 0. The van der Waals surface area contributed by atoms with Crippen molar-refractivity contribution in [3.8, 4) is 17.2 Å². The van der Waals surface area contributed by atoms with Gasteiger partial charge in [-0.25, -0.2) is 0 Å². The Bertz CT molecular complexity index is 1480. The first-order valence-electron chi connectivity index (χ1n) is 11.9. The first kappa shape index (κ1) is 24.1. The van der Waals surface area contributed by atoms with Gasteiger partial charge in [-0.3, -0.25) is 14.9 Å². The van der Waals surface area contributed by atoms with Crippen molar-refractivity contribution < 1.29 is 23.9 Å². The Labute approximate surface area is 214 Å². The van der Waals surface area contributed by atoms with E-state index in [1.807, 2.05) is 54.6 Å². The number of rotatable bonds is 7. The highest BCUT2D eigenvalue weighted by Crippen LogP contribution is 2.41. The third-order valence-corrected chi connectivity index (χ3v) is 6.69. The van der Waals surface area contributed by atoms with Gasteiger partial charge in [0, 0.05) is 24.1 Å². The van der Waals surface area contributed by atoms with Crippen LogP contribution in [0.4, 0.5) is 5.69 Å². The average Bonchev–Trinajstić information content (AvgIpc) is 2.94. The predicted molar refractivity (Wildman–Crippen MR) is 139 cm³/mol. The van der Waals surface area contributed by atoms with E-state index in [4.69, 9.17) is 14.2 Å². The Morgan fingerprint density at radius 1 is 0.946 bits per heavy atom. The summed E-state index contributed by atoms with van der Waals surface area (Å²) in [4.78, 5) is 26.4. The summed E-state index contributed by atoms with van der Waals surface area (Å²) in [6.07, 6.45) is 0.598. The van der Waals surface area contributed by atoms with Crippen LogP contribution in [-0.4, -0.2) is 43.1 Å². The molecular formula is C29H26N2O6. The van der Waals surface area contributed by atoms with E-state index in [0.29, 0.717) is 35.8 Å². The molecule has 0 fully saturated rings. The molecule has 0 spiro atoms. The lowest BCUT2D eigenvalue weighted by molar-refractivity contribution is -0.384. The van der Waals surface area contributed by atoms with Crippen molar-refractivity contribution in [2.45, 2.75) is 12.5 Å². The van der Waals surface area contributed by atoms with Crippen LogP contribution in [0.2, 0.25) is 0 Å². The fourth-order valence-corrected chi connectivity index (χ4v) is 4.93. The molecule has 1 heterocycles. The zero-order valence-electron chi connectivity index (χ0n) is 20.5. The number of ether oxygens (including phenoxy) is 3. The standard InChI is InChI=1S/C29H26N2O6/c1-35-26-16-20-13-14-30(28(32)18-37-25-12-6-8-19-7-3-4-11-23(19)25)29(24(20)17-27(26)36-2)21-9-5-10-22(15-21)31(33)34/h3-12,15-17,29H,13-14,18H2,1-2H3/t29-/m0/s1. The van der Waals surface area contributed by atoms with Gasteiger partial charge in [-0.1, -0.05) is 48.5 Å². The monoisotopic (exact) mass is 498 g/mol. The molecule has 0 N–H and O–H groups in total. The zero-order chi connectivity index (χ0) is 25.9. The van der Waals surface area contributed by atoms with E-state index in [1.54, 1.807) is 31.3 Å². The molecular weight excluding hydrogens is 472 g/mol. The number of nitro groups is 1. The Morgan fingerprint density at radius 3 is 2.46 bits per heavy atom. The number of hydrogen-bond acceptors (Lipinski definition) is 6. The number of nitro benzene ring substituents is 1. The molecule has 188 valence electrons. The van der Waals surface area contributed by atoms with Gasteiger partial charge in [0.25, 0.3) is 11.6 Å². The van der Waals surface area contributed by atoms with E-state index in [-0.39, 0.29) is 18.2 Å². The van der Waals surface area contributed by atoms with Gasteiger partial charge < -0.3 is 19.1 Å². The molecule has 8 nitrogen and oxygen atoms in total. The average molecular weight is 499 g/mol. The number of amides is 1. The van der Waals surface area contributed by atoms with E-state index in [9.17, 15) is 14.9 Å². The molecule has 4 aromatic rings. The van der Waals surface area contributed by atoms with Gasteiger partial charge >= 0.3 is 0 Å². The Hall–Kier alpha value is -4.59. The second-order valence-corrected chi connectivity index (χ2v) is 8.76. The summed E-state index contributed by atoms with van der Waals surface area (Å²) < 4.78 is 17.0. The van der Waals surface area contributed by atoms with Crippen molar-refractivity contribution >= 4 is 22.4 Å². The molecule has 1 atom stereocenters. The maximum absolute atomic E-state index is 13.6. The minimum Gasteiger partial charge on any atom is -0.493 e. The van der Waals surface area contributed by atoms with Crippen molar-refractivity contribution in [2.24, 2.45) is 0 Å². The minimum absolute atomic E-state index is 0.0375. The molecule has 0 aromatic heterocycles. The summed E-state index contributed by atoms with van der Waals surface area (Å²) in [6, 6.07) is 23.2. The van der Waals surface area contributed by atoms with Crippen LogP contribution in [0.15, 0.2) is 78.9 Å². The molecule has 0 unspecified atom stereocenters. The topological polar surface area (TPSA) is 91.1 Å². The zero-order valence-corrected chi connectivity index (χ0v) is 20.5. The highest BCUT2D eigenvalue weighted by molar-refractivity contribution is 5.88. The largest absolute Gasteiger partial charge is 0.493 e. The second kappa shape index (κ2) is 10.2. The van der Waals surface area contributed by atoms with E-state index in [0.717, 1.165) is 21.9 Å². The normalized spacial score (nSPS) is 14.6. The smallest absolute Gasteiger partial charge is 0.269 e. The molecule has 0 bridgehead atoms. The molecule has 0 radical (unpaired) electrons. The van der Waals surface area contributed by atoms with Crippen LogP contribution in [0.1, 0.15) is 22.7 Å². The van der Waals surface area contributed by atoms with Gasteiger partial charge in [0.2, 0.25) is 0 Å². The van der Waals surface area contributed by atoms with Gasteiger partial charge in [-0.15, -0.1) is 0 Å². The third-order valence-electron chi connectivity index (χ3n) is 6.69. The summed E-state index contributed by atoms with van der Waals surface area (Å²) >= 11 is 0. The highest BCUT2D eigenvalue weighted by atomic mass is 16.6. The lowest BCUT2D eigenvalue weighted by atomic mass is 9.87. The third kappa shape index (κ3) is 4.65. The van der Waals surface area contributed by atoms with Crippen LogP contribution < -0.4 is 14.2 Å². The summed E-state index contributed by atoms with van der Waals surface area (Å²) in [5.74, 6) is 1.53. The van der Waals surface area contributed by atoms with Crippen molar-refractivity contribution in [1.82, 2.24) is 4.90 Å². The maximum Gasteiger partial charge on any atom is 0.269 e. The number of carbonyl (C=O) groups is 1. The fraction of sp³-hybridized carbons (Fsp3) is 0.207. The summed E-state index contributed by atoms with van der Waals surface area (Å²) in [7, 11) is 3.13. The number of fused-ring (bicyclic) bond motifs is 2. The van der Waals surface area contributed by atoms with Gasteiger partial charge in [0.15, 0.2) is 18.1 Å².